The molecule has 1 fully saturated rings. The van der Waals surface area contributed by atoms with Gasteiger partial charge in [-0.1, -0.05) is 18.2 Å². The predicted octanol–water partition coefficient (Wildman–Crippen LogP) is 2.12. The number of carbonyl (C=O) groups is 1. The van der Waals surface area contributed by atoms with Crippen LogP contribution in [0.1, 0.15) is 35.2 Å². The first-order valence-corrected chi connectivity index (χ1v) is 8.34. The van der Waals surface area contributed by atoms with E-state index in [1.165, 1.54) is 4.90 Å². The van der Waals surface area contributed by atoms with Crippen molar-refractivity contribution in [3.8, 4) is 5.75 Å². The number of para-hydroxylation sites is 1. The Morgan fingerprint density at radius 2 is 2.12 bits per heavy atom. The molecule has 25 heavy (non-hydrogen) atoms. The number of amides is 1. The van der Waals surface area contributed by atoms with Crippen molar-refractivity contribution in [2.45, 2.75) is 38.6 Å². The minimum Gasteiger partial charge on any atom is -0.486 e. The number of carbonyl (C=O) groups excluding carboxylic acids is 1. The summed E-state index contributed by atoms with van der Waals surface area (Å²) in [5.41, 5.74) is -0.438. The zero-order valence-corrected chi connectivity index (χ0v) is 14.4. The minimum absolute atomic E-state index is 0.0851. The molecule has 3 rings (SSSR count). The fourth-order valence-electron chi connectivity index (χ4n) is 2.86. The molecular weight excluding hydrogens is 322 g/mol. The van der Waals surface area contributed by atoms with Crippen LogP contribution in [0.25, 0.3) is 0 Å². The van der Waals surface area contributed by atoms with Gasteiger partial charge in [0.05, 0.1) is 11.7 Å². The molecule has 1 amide bonds. The lowest BCUT2D eigenvalue weighted by atomic mass is 9.90. The summed E-state index contributed by atoms with van der Waals surface area (Å²) in [4.78, 5) is 14.2. The van der Waals surface area contributed by atoms with Crippen LogP contribution in [0.5, 0.6) is 5.75 Å². The van der Waals surface area contributed by atoms with E-state index >= 15 is 0 Å². The summed E-state index contributed by atoms with van der Waals surface area (Å²) in [6.07, 6.45) is -0.648. The van der Waals surface area contributed by atoms with Gasteiger partial charge in [0.15, 0.2) is 5.76 Å². The average molecular weight is 345 g/mol. The number of aliphatic hydroxyl groups is 2. The molecule has 1 aromatic heterocycles. The lowest BCUT2D eigenvalue weighted by molar-refractivity contribution is -0.100. The maximum Gasteiger partial charge on any atom is 0.289 e. The zero-order chi connectivity index (χ0) is 18.0. The van der Waals surface area contributed by atoms with Gasteiger partial charge in [0.1, 0.15) is 18.1 Å². The molecule has 0 unspecified atom stereocenters. The lowest BCUT2D eigenvalue weighted by Gasteiger charge is -2.39. The van der Waals surface area contributed by atoms with Gasteiger partial charge in [0.2, 0.25) is 0 Å². The van der Waals surface area contributed by atoms with Crippen molar-refractivity contribution < 1.29 is 24.2 Å². The van der Waals surface area contributed by atoms with E-state index < -0.39 is 11.7 Å². The van der Waals surface area contributed by atoms with E-state index in [4.69, 9.17) is 9.15 Å². The molecule has 1 aromatic carbocycles. The van der Waals surface area contributed by atoms with E-state index in [1.54, 1.807) is 19.9 Å². The number of nitrogens with zero attached hydrogens (tertiary/aromatic N) is 1. The molecule has 1 saturated heterocycles. The highest BCUT2D eigenvalue weighted by molar-refractivity contribution is 5.93. The lowest BCUT2D eigenvalue weighted by Crippen LogP contribution is -2.55. The van der Waals surface area contributed by atoms with Crippen molar-refractivity contribution in [1.82, 2.24) is 4.90 Å². The number of β-amino-alcohol motifs (C(OH)–C–C–N with tert-alkyl or cyclic N) is 1. The highest BCUT2D eigenvalue weighted by Crippen LogP contribution is 2.25. The molecule has 6 nitrogen and oxygen atoms in total. The van der Waals surface area contributed by atoms with E-state index in [9.17, 15) is 15.0 Å². The van der Waals surface area contributed by atoms with E-state index in [0.29, 0.717) is 18.7 Å². The number of rotatable bonds is 4. The Kier molecular flexibility index (Phi) is 4.83. The number of furan rings is 1. The minimum atomic E-state index is -1.16. The van der Waals surface area contributed by atoms with Crippen molar-refractivity contribution in [3.63, 3.8) is 0 Å². The van der Waals surface area contributed by atoms with Crippen LogP contribution in [-0.4, -0.2) is 45.8 Å². The molecule has 0 radical (unpaired) electrons. The van der Waals surface area contributed by atoms with Gasteiger partial charge in [-0.3, -0.25) is 4.79 Å². The van der Waals surface area contributed by atoms with Gasteiger partial charge in [0, 0.05) is 18.7 Å². The normalized spacial score (nSPS) is 23.5. The van der Waals surface area contributed by atoms with Gasteiger partial charge in [-0.2, -0.15) is 0 Å². The van der Waals surface area contributed by atoms with E-state index in [0.717, 1.165) is 11.3 Å². The number of ether oxygens (including phenoxy) is 1. The topological polar surface area (TPSA) is 83.1 Å². The number of likely N-dealkylation sites (tertiary alicyclic amines) is 1. The molecule has 0 spiro atoms. The summed E-state index contributed by atoms with van der Waals surface area (Å²) in [5.74, 6) is 1.26. The second-order valence-electron chi connectivity index (χ2n) is 6.70. The molecule has 2 heterocycles. The summed E-state index contributed by atoms with van der Waals surface area (Å²) in [6, 6.07) is 11.2. The third-order valence-electron chi connectivity index (χ3n) is 4.57. The number of piperidine rings is 1. The molecule has 0 bridgehead atoms. The molecule has 0 aliphatic carbocycles. The first kappa shape index (κ1) is 17.5. The number of hydrogen-bond donors (Lipinski definition) is 2. The Labute approximate surface area is 146 Å². The fraction of sp³-hybridized carbons (Fsp3) is 0.421. The summed E-state index contributed by atoms with van der Waals surface area (Å²) in [7, 11) is 0. The van der Waals surface area contributed by atoms with E-state index in [-0.39, 0.29) is 24.8 Å². The van der Waals surface area contributed by atoms with Crippen LogP contribution in [0, 0.1) is 6.92 Å². The molecule has 1 aliphatic heterocycles. The Hall–Kier alpha value is -2.31. The van der Waals surface area contributed by atoms with Crippen LogP contribution in [0.4, 0.5) is 0 Å². The number of benzene rings is 1. The molecule has 0 saturated carbocycles. The second-order valence-corrected chi connectivity index (χ2v) is 6.70. The molecule has 1 aliphatic rings. The Balaban J connectivity index is 1.66. The van der Waals surface area contributed by atoms with Gasteiger partial charge in [-0.25, -0.2) is 0 Å². The second kappa shape index (κ2) is 6.90. The Bertz CT molecular complexity index is 738. The van der Waals surface area contributed by atoms with E-state index in [1.807, 2.05) is 30.3 Å². The van der Waals surface area contributed by atoms with Crippen molar-refractivity contribution >= 4 is 5.91 Å². The van der Waals surface area contributed by atoms with Crippen LogP contribution in [0.3, 0.4) is 0 Å². The van der Waals surface area contributed by atoms with Gasteiger partial charge in [-0.05, 0) is 38.5 Å². The molecule has 2 N–H and O–H groups in total. The third-order valence-corrected chi connectivity index (χ3v) is 4.57. The summed E-state index contributed by atoms with van der Waals surface area (Å²) >= 11 is 0. The summed E-state index contributed by atoms with van der Waals surface area (Å²) in [5, 5.41) is 20.0. The van der Waals surface area contributed by atoms with Crippen LogP contribution < -0.4 is 4.74 Å². The van der Waals surface area contributed by atoms with Crippen LogP contribution in [0.15, 0.2) is 40.8 Å². The van der Waals surface area contributed by atoms with Crippen LogP contribution in [0.2, 0.25) is 0 Å². The maximum absolute atomic E-state index is 12.7. The standard InChI is InChI=1S/C19H23NO5/c1-13-10-15(12-24-14-6-4-3-5-7-14)25-17(13)18(22)20-9-8-19(2,23)16(21)11-20/h3-7,10,16,21,23H,8-9,11-12H2,1-2H3/t16-,19+/m1/s1. The molecular formula is C19H23NO5. The maximum atomic E-state index is 12.7. The van der Waals surface area contributed by atoms with E-state index in [2.05, 4.69) is 0 Å². The highest BCUT2D eigenvalue weighted by atomic mass is 16.5. The first-order chi connectivity index (χ1) is 11.9. The van der Waals surface area contributed by atoms with Crippen molar-refractivity contribution in [1.29, 1.82) is 0 Å². The number of aryl methyl sites for hydroxylation is 1. The van der Waals surface area contributed by atoms with Gasteiger partial charge < -0.3 is 24.3 Å². The number of hydrogen-bond acceptors (Lipinski definition) is 5. The summed E-state index contributed by atoms with van der Waals surface area (Å²) < 4.78 is 11.3. The highest BCUT2D eigenvalue weighted by Gasteiger charge is 2.39. The van der Waals surface area contributed by atoms with Crippen molar-refractivity contribution in [2.75, 3.05) is 13.1 Å². The quantitative estimate of drug-likeness (QED) is 0.887. The average Bonchev–Trinajstić information content (AvgIpc) is 2.96. The monoisotopic (exact) mass is 345 g/mol. The first-order valence-electron chi connectivity index (χ1n) is 8.34. The summed E-state index contributed by atoms with van der Waals surface area (Å²) in [6.45, 7) is 4.08. The van der Waals surface area contributed by atoms with Gasteiger partial charge in [-0.15, -0.1) is 0 Å². The van der Waals surface area contributed by atoms with Gasteiger partial charge in [0.25, 0.3) is 5.91 Å². The fourth-order valence-corrected chi connectivity index (χ4v) is 2.86. The van der Waals surface area contributed by atoms with Gasteiger partial charge >= 0.3 is 0 Å². The Morgan fingerprint density at radius 1 is 1.40 bits per heavy atom. The molecule has 134 valence electrons. The molecule has 2 atom stereocenters. The van der Waals surface area contributed by atoms with Crippen molar-refractivity contribution in [2.24, 2.45) is 0 Å². The third kappa shape index (κ3) is 3.86. The zero-order valence-electron chi connectivity index (χ0n) is 14.4. The SMILES string of the molecule is Cc1cc(COc2ccccc2)oc1C(=O)N1CC[C@](C)(O)[C@H](O)C1. The van der Waals surface area contributed by atoms with Crippen molar-refractivity contribution in [3.05, 3.63) is 53.5 Å². The Morgan fingerprint density at radius 3 is 2.80 bits per heavy atom. The predicted molar refractivity (Wildman–Crippen MR) is 91.4 cm³/mol. The van der Waals surface area contributed by atoms with Crippen LogP contribution in [-0.2, 0) is 6.61 Å². The number of aliphatic hydroxyl groups excluding tert-OH is 1. The van der Waals surface area contributed by atoms with Crippen LogP contribution >= 0.6 is 0 Å². The molecule has 6 heteroatoms. The largest absolute Gasteiger partial charge is 0.486 e. The molecule has 2 aromatic rings. The smallest absolute Gasteiger partial charge is 0.289 e.